The summed E-state index contributed by atoms with van der Waals surface area (Å²) in [5.74, 6) is 1.90. The molecule has 0 aromatic heterocycles. The van der Waals surface area contributed by atoms with Gasteiger partial charge in [-0.25, -0.2) is 0 Å². The number of rotatable bonds is 2. The van der Waals surface area contributed by atoms with Crippen LogP contribution in [0.2, 0.25) is 0 Å². The van der Waals surface area contributed by atoms with Gasteiger partial charge in [-0.3, -0.25) is 0 Å². The first-order valence-electron chi connectivity index (χ1n) is 5.31. The lowest BCUT2D eigenvalue weighted by Crippen LogP contribution is -2.17. The number of nitrogens with one attached hydrogen (secondary N) is 1. The van der Waals surface area contributed by atoms with Crippen LogP contribution in [0.4, 0.5) is 5.69 Å². The number of hydrogen-bond donors (Lipinski definition) is 1. The van der Waals surface area contributed by atoms with Crippen LogP contribution in [-0.4, -0.2) is 13.2 Å². The molecule has 2 heteroatoms. The van der Waals surface area contributed by atoms with Crippen molar-refractivity contribution in [3.8, 4) is 5.75 Å². The molecule has 1 atom stereocenters. The van der Waals surface area contributed by atoms with E-state index < -0.39 is 0 Å². The van der Waals surface area contributed by atoms with Crippen LogP contribution >= 0.6 is 0 Å². The minimum atomic E-state index is 0.668. The lowest BCUT2D eigenvalue weighted by molar-refractivity contribution is 0.416. The molecule has 0 spiro atoms. The fraction of sp³-hybridized carbons (Fsp3) is 0.500. The van der Waals surface area contributed by atoms with Gasteiger partial charge in [0.25, 0.3) is 0 Å². The van der Waals surface area contributed by atoms with E-state index in [-0.39, 0.29) is 0 Å². The SMILES string of the molecule is COc1cccc2c1NC(C1CC1)C2. The lowest BCUT2D eigenvalue weighted by Gasteiger charge is -2.10. The van der Waals surface area contributed by atoms with Crippen molar-refractivity contribution in [1.29, 1.82) is 0 Å². The van der Waals surface area contributed by atoms with E-state index in [1.54, 1.807) is 7.11 Å². The van der Waals surface area contributed by atoms with Crippen LogP contribution in [-0.2, 0) is 6.42 Å². The number of methoxy groups -OCH3 is 1. The number of fused-ring (bicyclic) bond motifs is 1. The molecular formula is C12H15NO. The van der Waals surface area contributed by atoms with Crippen LogP contribution < -0.4 is 10.1 Å². The topological polar surface area (TPSA) is 21.3 Å². The molecule has 2 nitrogen and oxygen atoms in total. The first-order valence-corrected chi connectivity index (χ1v) is 5.31. The molecule has 1 aliphatic carbocycles. The van der Waals surface area contributed by atoms with Crippen molar-refractivity contribution in [2.75, 3.05) is 12.4 Å². The number of hydrogen-bond acceptors (Lipinski definition) is 2. The van der Waals surface area contributed by atoms with Crippen LogP contribution in [0.15, 0.2) is 18.2 Å². The molecule has 3 rings (SSSR count). The second kappa shape index (κ2) is 2.91. The van der Waals surface area contributed by atoms with Gasteiger partial charge in [0.05, 0.1) is 12.8 Å². The summed E-state index contributed by atoms with van der Waals surface area (Å²) in [6, 6.07) is 6.98. The monoisotopic (exact) mass is 189 g/mol. The van der Waals surface area contributed by atoms with E-state index in [1.165, 1.54) is 30.5 Å². The maximum Gasteiger partial charge on any atom is 0.142 e. The highest BCUT2D eigenvalue weighted by Crippen LogP contribution is 2.43. The average Bonchev–Trinajstić information content (AvgIpc) is 2.97. The van der Waals surface area contributed by atoms with Gasteiger partial charge in [0.2, 0.25) is 0 Å². The fourth-order valence-electron chi connectivity index (χ4n) is 2.34. The van der Waals surface area contributed by atoms with Crippen LogP contribution in [0, 0.1) is 5.92 Å². The molecule has 74 valence electrons. The van der Waals surface area contributed by atoms with Gasteiger partial charge in [-0.1, -0.05) is 12.1 Å². The molecule has 1 unspecified atom stereocenters. The highest BCUT2D eigenvalue weighted by molar-refractivity contribution is 5.66. The molecule has 1 aromatic rings. The van der Waals surface area contributed by atoms with Crippen molar-refractivity contribution in [2.45, 2.75) is 25.3 Å². The minimum absolute atomic E-state index is 0.668. The third-order valence-electron chi connectivity index (χ3n) is 3.29. The summed E-state index contributed by atoms with van der Waals surface area (Å²) in [4.78, 5) is 0. The zero-order chi connectivity index (χ0) is 9.54. The van der Waals surface area contributed by atoms with Gasteiger partial charge in [-0.05, 0) is 36.8 Å². The second-order valence-electron chi connectivity index (χ2n) is 4.29. The smallest absolute Gasteiger partial charge is 0.142 e. The normalized spacial score (nSPS) is 24.2. The van der Waals surface area contributed by atoms with Crippen molar-refractivity contribution in [2.24, 2.45) is 5.92 Å². The van der Waals surface area contributed by atoms with E-state index >= 15 is 0 Å². The largest absolute Gasteiger partial charge is 0.495 e. The Hall–Kier alpha value is -1.18. The Kier molecular flexibility index (Phi) is 1.69. The molecule has 1 heterocycles. The van der Waals surface area contributed by atoms with Gasteiger partial charge >= 0.3 is 0 Å². The fourth-order valence-corrected chi connectivity index (χ4v) is 2.34. The van der Waals surface area contributed by atoms with Gasteiger partial charge in [0.1, 0.15) is 5.75 Å². The Morgan fingerprint density at radius 2 is 2.21 bits per heavy atom. The van der Waals surface area contributed by atoms with Crippen molar-refractivity contribution in [1.82, 2.24) is 0 Å². The van der Waals surface area contributed by atoms with Gasteiger partial charge < -0.3 is 10.1 Å². The molecule has 14 heavy (non-hydrogen) atoms. The number of benzene rings is 1. The first-order chi connectivity index (χ1) is 6.88. The highest BCUT2D eigenvalue weighted by atomic mass is 16.5. The Bertz CT molecular complexity index is 357. The number of ether oxygens (including phenoxy) is 1. The van der Waals surface area contributed by atoms with Gasteiger partial charge in [-0.15, -0.1) is 0 Å². The zero-order valence-corrected chi connectivity index (χ0v) is 8.42. The Morgan fingerprint density at radius 3 is 2.93 bits per heavy atom. The molecule has 1 fully saturated rings. The predicted octanol–water partition coefficient (Wildman–Crippen LogP) is 2.44. The zero-order valence-electron chi connectivity index (χ0n) is 8.42. The van der Waals surface area contributed by atoms with E-state index in [1.807, 2.05) is 6.07 Å². The first kappa shape index (κ1) is 8.16. The summed E-state index contributed by atoms with van der Waals surface area (Å²) in [7, 11) is 1.74. The molecule has 1 N–H and O–H groups in total. The summed E-state index contributed by atoms with van der Waals surface area (Å²) >= 11 is 0. The second-order valence-corrected chi connectivity index (χ2v) is 4.29. The minimum Gasteiger partial charge on any atom is -0.495 e. The summed E-state index contributed by atoms with van der Waals surface area (Å²) in [6.07, 6.45) is 3.97. The van der Waals surface area contributed by atoms with Gasteiger partial charge in [0.15, 0.2) is 0 Å². The Morgan fingerprint density at radius 1 is 1.36 bits per heavy atom. The molecule has 0 bridgehead atoms. The molecule has 0 saturated heterocycles. The predicted molar refractivity (Wildman–Crippen MR) is 56.8 cm³/mol. The summed E-state index contributed by atoms with van der Waals surface area (Å²) in [6.45, 7) is 0. The van der Waals surface area contributed by atoms with Gasteiger partial charge in [-0.2, -0.15) is 0 Å². The quantitative estimate of drug-likeness (QED) is 0.771. The summed E-state index contributed by atoms with van der Waals surface area (Å²) in [5, 5.41) is 3.59. The van der Waals surface area contributed by atoms with Crippen LogP contribution in [0.5, 0.6) is 5.75 Å². The molecule has 2 aliphatic rings. The third-order valence-corrected chi connectivity index (χ3v) is 3.29. The summed E-state index contributed by atoms with van der Waals surface area (Å²) < 4.78 is 5.34. The molecular weight excluding hydrogens is 174 g/mol. The molecule has 1 aromatic carbocycles. The van der Waals surface area contributed by atoms with Crippen LogP contribution in [0.25, 0.3) is 0 Å². The van der Waals surface area contributed by atoms with Crippen molar-refractivity contribution in [3.05, 3.63) is 23.8 Å². The lowest BCUT2D eigenvalue weighted by atomic mass is 10.1. The maximum absolute atomic E-state index is 5.34. The number of para-hydroxylation sites is 1. The van der Waals surface area contributed by atoms with Crippen LogP contribution in [0.1, 0.15) is 18.4 Å². The standard InChI is InChI=1S/C12H15NO/c1-14-11-4-2-3-9-7-10(8-5-6-8)13-12(9)11/h2-4,8,10,13H,5-7H2,1H3. The van der Waals surface area contributed by atoms with E-state index in [0.717, 1.165) is 11.7 Å². The van der Waals surface area contributed by atoms with E-state index in [9.17, 15) is 0 Å². The Balaban J connectivity index is 1.92. The van der Waals surface area contributed by atoms with Crippen LogP contribution in [0.3, 0.4) is 0 Å². The van der Waals surface area contributed by atoms with Crippen molar-refractivity contribution in [3.63, 3.8) is 0 Å². The Labute approximate surface area is 84.3 Å². The number of anilines is 1. The van der Waals surface area contributed by atoms with E-state index in [4.69, 9.17) is 4.74 Å². The molecule has 0 radical (unpaired) electrons. The molecule has 1 saturated carbocycles. The van der Waals surface area contributed by atoms with Crippen molar-refractivity contribution >= 4 is 5.69 Å². The van der Waals surface area contributed by atoms with Gasteiger partial charge in [0, 0.05) is 6.04 Å². The molecule has 0 amide bonds. The maximum atomic E-state index is 5.34. The highest BCUT2D eigenvalue weighted by Gasteiger charge is 2.35. The third kappa shape index (κ3) is 1.17. The summed E-state index contributed by atoms with van der Waals surface area (Å²) in [5.41, 5.74) is 2.65. The van der Waals surface area contributed by atoms with Crippen molar-refractivity contribution < 1.29 is 4.74 Å². The van der Waals surface area contributed by atoms with E-state index in [0.29, 0.717) is 6.04 Å². The molecule has 1 aliphatic heterocycles. The average molecular weight is 189 g/mol. The van der Waals surface area contributed by atoms with E-state index in [2.05, 4.69) is 17.4 Å².